The van der Waals surface area contributed by atoms with E-state index in [0.29, 0.717) is 33.0 Å². The molecule has 1 heterocycles. The highest BCUT2D eigenvalue weighted by atomic mass is 16.5. The molecule has 0 aliphatic heterocycles. The van der Waals surface area contributed by atoms with Crippen LogP contribution in [0, 0.1) is 0 Å². The summed E-state index contributed by atoms with van der Waals surface area (Å²) in [6, 6.07) is 3.63. The van der Waals surface area contributed by atoms with Crippen LogP contribution in [0.25, 0.3) is 0 Å². The molecule has 0 saturated carbocycles. The van der Waals surface area contributed by atoms with E-state index >= 15 is 0 Å². The average Bonchev–Trinajstić information content (AvgIpc) is 2.34. The van der Waals surface area contributed by atoms with E-state index < -0.39 is 0 Å². The Morgan fingerprint density at radius 2 is 2.06 bits per heavy atom. The van der Waals surface area contributed by atoms with E-state index in [2.05, 4.69) is 4.98 Å². The van der Waals surface area contributed by atoms with E-state index in [1.54, 1.807) is 19.4 Å². The lowest BCUT2D eigenvalue weighted by atomic mass is 10.3. The molecule has 0 fully saturated rings. The lowest BCUT2D eigenvalue weighted by molar-refractivity contribution is 0.0544. The number of ether oxygens (including phenoxy) is 3. The minimum absolute atomic E-state index is 0.418. The van der Waals surface area contributed by atoms with Gasteiger partial charge in [0.1, 0.15) is 12.4 Å². The van der Waals surface area contributed by atoms with Crippen molar-refractivity contribution in [2.75, 3.05) is 33.5 Å². The van der Waals surface area contributed by atoms with Crippen LogP contribution in [0.15, 0.2) is 18.3 Å². The molecular weight excluding hydrogens is 208 g/mol. The molecule has 0 aliphatic rings. The van der Waals surface area contributed by atoms with E-state index in [4.69, 9.17) is 19.9 Å². The number of methoxy groups -OCH3 is 1. The van der Waals surface area contributed by atoms with Crippen LogP contribution in [-0.2, 0) is 16.0 Å². The zero-order valence-electron chi connectivity index (χ0n) is 9.52. The molecule has 0 saturated heterocycles. The summed E-state index contributed by atoms with van der Waals surface area (Å²) in [6.07, 6.45) is 1.68. The van der Waals surface area contributed by atoms with Gasteiger partial charge in [-0.2, -0.15) is 0 Å². The van der Waals surface area contributed by atoms with Gasteiger partial charge in [-0.05, 0) is 6.07 Å². The zero-order chi connectivity index (χ0) is 11.6. The average molecular weight is 226 g/mol. The van der Waals surface area contributed by atoms with Gasteiger partial charge in [0, 0.05) is 25.9 Å². The first-order valence-electron chi connectivity index (χ1n) is 5.21. The van der Waals surface area contributed by atoms with Gasteiger partial charge in [0.2, 0.25) is 0 Å². The standard InChI is InChI=1S/C11H18N2O3/c1-14-4-5-15-6-7-16-11-2-3-13-10(8-11)9-12/h2-3,8H,4-7,9,12H2,1H3. The molecule has 0 aliphatic carbocycles. The molecule has 5 nitrogen and oxygen atoms in total. The van der Waals surface area contributed by atoms with E-state index in [1.165, 1.54) is 0 Å². The van der Waals surface area contributed by atoms with E-state index in [0.717, 1.165) is 11.4 Å². The molecule has 0 unspecified atom stereocenters. The number of aromatic nitrogens is 1. The molecule has 2 N–H and O–H groups in total. The molecule has 0 aromatic carbocycles. The molecule has 0 amide bonds. The van der Waals surface area contributed by atoms with Gasteiger partial charge in [-0.3, -0.25) is 4.98 Å². The molecule has 16 heavy (non-hydrogen) atoms. The lowest BCUT2D eigenvalue weighted by Crippen LogP contribution is -2.10. The first-order valence-corrected chi connectivity index (χ1v) is 5.21. The summed E-state index contributed by atoms with van der Waals surface area (Å²) in [5.41, 5.74) is 6.29. The second-order valence-corrected chi connectivity index (χ2v) is 3.14. The van der Waals surface area contributed by atoms with Crippen LogP contribution in [0.1, 0.15) is 5.69 Å². The number of nitrogens with two attached hydrogens (primary N) is 1. The van der Waals surface area contributed by atoms with Crippen molar-refractivity contribution in [2.45, 2.75) is 6.54 Å². The van der Waals surface area contributed by atoms with Gasteiger partial charge in [-0.1, -0.05) is 0 Å². The minimum atomic E-state index is 0.418. The second-order valence-electron chi connectivity index (χ2n) is 3.14. The molecule has 1 aromatic rings. The second kappa shape index (κ2) is 8.04. The van der Waals surface area contributed by atoms with Gasteiger partial charge in [0.05, 0.1) is 25.5 Å². The van der Waals surface area contributed by atoms with Crippen LogP contribution in [0.3, 0.4) is 0 Å². The topological polar surface area (TPSA) is 66.6 Å². The number of hydrogen-bond donors (Lipinski definition) is 1. The van der Waals surface area contributed by atoms with Gasteiger partial charge in [0.25, 0.3) is 0 Å². The first-order chi connectivity index (χ1) is 7.86. The third-order valence-electron chi connectivity index (χ3n) is 1.93. The van der Waals surface area contributed by atoms with Gasteiger partial charge < -0.3 is 19.9 Å². The summed E-state index contributed by atoms with van der Waals surface area (Å²) in [4.78, 5) is 4.07. The van der Waals surface area contributed by atoms with Crippen molar-refractivity contribution < 1.29 is 14.2 Å². The number of pyridine rings is 1. The molecular formula is C11H18N2O3. The molecule has 0 radical (unpaired) electrons. The predicted molar refractivity (Wildman–Crippen MR) is 60.3 cm³/mol. The fourth-order valence-corrected chi connectivity index (χ4v) is 1.12. The molecule has 0 bridgehead atoms. The monoisotopic (exact) mass is 226 g/mol. The van der Waals surface area contributed by atoms with Crippen molar-refractivity contribution in [1.82, 2.24) is 4.98 Å². The first kappa shape index (κ1) is 12.9. The van der Waals surface area contributed by atoms with E-state index in [1.807, 2.05) is 6.07 Å². The van der Waals surface area contributed by atoms with Crippen LogP contribution in [0.2, 0.25) is 0 Å². The Hall–Kier alpha value is -1.17. The normalized spacial score (nSPS) is 10.4. The Morgan fingerprint density at radius 3 is 2.81 bits per heavy atom. The highest BCUT2D eigenvalue weighted by Crippen LogP contribution is 2.10. The highest BCUT2D eigenvalue weighted by molar-refractivity contribution is 5.22. The maximum atomic E-state index is 5.47. The van der Waals surface area contributed by atoms with Crippen LogP contribution in [0.4, 0.5) is 0 Å². The van der Waals surface area contributed by atoms with Gasteiger partial charge >= 0.3 is 0 Å². The molecule has 0 atom stereocenters. The highest BCUT2D eigenvalue weighted by Gasteiger charge is 1.96. The van der Waals surface area contributed by atoms with Crippen molar-refractivity contribution in [1.29, 1.82) is 0 Å². The van der Waals surface area contributed by atoms with Gasteiger partial charge in [-0.15, -0.1) is 0 Å². The quantitative estimate of drug-likeness (QED) is 0.657. The minimum Gasteiger partial charge on any atom is -0.491 e. The molecule has 1 rings (SSSR count). The Labute approximate surface area is 95.5 Å². The van der Waals surface area contributed by atoms with Crippen LogP contribution in [0.5, 0.6) is 5.75 Å². The van der Waals surface area contributed by atoms with E-state index in [9.17, 15) is 0 Å². The van der Waals surface area contributed by atoms with Crippen molar-refractivity contribution in [3.8, 4) is 5.75 Å². The number of rotatable bonds is 8. The third-order valence-corrected chi connectivity index (χ3v) is 1.93. The SMILES string of the molecule is COCCOCCOc1ccnc(CN)c1. The maximum Gasteiger partial charge on any atom is 0.122 e. The van der Waals surface area contributed by atoms with E-state index in [-0.39, 0.29) is 0 Å². The number of hydrogen-bond acceptors (Lipinski definition) is 5. The summed E-state index contributed by atoms with van der Waals surface area (Å²) in [7, 11) is 1.64. The molecule has 90 valence electrons. The Kier molecular flexibility index (Phi) is 6.48. The van der Waals surface area contributed by atoms with Crippen LogP contribution >= 0.6 is 0 Å². The summed E-state index contributed by atoms with van der Waals surface area (Å²) in [5, 5.41) is 0. The van der Waals surface area contributed by atoms with Crippen molar-refractivity contribution in [3.63, 3.8) is 0 Å². The fraction of sp³-hybridized carbons (Fsp3) is 0.545. The largest absolute Gasteiger partial charge is 0.491 e. The van der Waals surface area contributed by atoms with Crippen LogP contribution < -0.4 is 10.5 Å². The molecule has 0 spiro atoms. The smallest absolute Gasteiger partial charge is 0.122 e. The number of nitrogens with zero attached hydrogens (tertiary/aromatic N) is 1. The van der Waals surface area contributed by atoms with Crippen molar-refractivity contribution >= 4 is 0 Å². The predicted octanol–water partition coefficient (Wildman–Crippen LogP) is 0.582. The zero-order valence-corrected chi connectivity index (χ0v) is 9.52. The molecule has 5 heteroatoms. The van der Waals surface area contributed by atoms with Crippen molar-refractivity contribution in [3.05, 3.63) is 24.0 Å². The Bertz CT molecular complexity index is 294. The Balaban J connectivity index is 2.16. The fourth-order valence-electron chi connectivity index (χ4n) is 1.12. The van der Waals surface area contributed by atoms with Crippen LogP contribution in [-0.4, -0.2) is 38.5 Å². The lowest BCUT2D eigenvalue weighted by Gasteiger charge is -2.07. The van der Waals surface area contributed by atoms with Crippen molar-refractivity contribution in [2.24, 2.45) is 5.73 Å². The third kappa shape index (κ3) is 5.06. The summed E-state index contributed by atoms with van der Waals surface area (Å²) in [5.74, 6) is 0.769. The van der Waals surface area contributed by atoms with Gasteiger partial charge in [0.15, 0.2) is 0 Å². The molecule has 1 aromatic heterocycles. The summed E-state index contributed by atoms with van der Waals surface area (Å²) in [6.45, 7) is 2.67. The van der Waals surface area contributed by atoms with Gasteiger partial charge in [-0.25, -0.2) is 0 Å². The Morgan fingerprint density at radius 1 is 1.25 bits per heavy atom. The summed E-state index contributed by atoms with van der Waals surface area (Å²) < 4.78 is 15.6. The maximum absolute atomic E-state index is 5.47. The summed E-state index contributed by atoms with van der Waals surface area (Å²) >= 11 is 0.